The first kappa shape index (κ1) is 14.6. The maximum atomic E-state index is 12.3. The fourth-order valence-electron chi connectivity index (χ4n) is 3.09. The van der Waals surface area contributed by atoms with E-state index in [2.05, 4.69) is 4.98 Å². The van der Waals surface area contributed by atoms with Crippen LogP contribution in [0.5, 0.6) is 0 Å². The van der Waals surface area contributed by atoms with Gasteiger partial charge in [0.25, 0.3) is 0 Å². The highest BCUT2D eigenvalue weighted by molar-refractivity contribution is 5.84. The van der Waals surface area contributed by atoms with E-state index in [0.29, 0.717) is 32.4 Å². The van der Waals surface area contributed by atoms with Gasteiger partial charge in [0.1, 0.15) is 0 Å². The lowest BCUT2D eigenvalue weighted by Gasteiger charge is -2.20. The molecule has 5 heteroatoms. The number of carbonyl (C=O) groups is 2. The van der Waals surface area contributed by atoms with Gasteiger partial charge in [-0.25, -0.2) is 0 Å². The zero-order chi connectivity index (χ0) is 15.7. The van der Waals surface area contributed by atoms with Crippen molar-refractivity contribution in [2.45, 2.75) is 26.2 Å². The van der Waals surface area contributed by atoms with E-state index in [1.165, 1.54) is 0 Å². The Morgan fingerprint density at radius 1 is 1.36 bits per heavy atom. The van der Waals surface area contributed by atoms with Gasteiger partial charge in [0.15, 0.2) is 0 Å². The van der Waals surface area contributed by atoms with Gasteiger partial charge >= 0.3 is 5.97 Å². The largest absolute Gasteiger partial charge is 0.481 e. The van der Waals surface area contributed by atoms with E-state index < -0.39 is 11.4 Å². The van der Waals surface area contributed by atoms with Crippen LogP contribution in [0.3, 0.4) is 0 Å². The summed E-state index contributed by atoms with van der Waals surface area (Å²) >= 11 is 0. The third-order valence-electron chi connectivity index (χ3n) is 4.63. The molecule has 22 heavy (non-hydrogen) atoms. The van der Waals surface area contributed by atoms with E-state index in [0.717, 1.165) is 16.5 Å². The molecule has 0 spiro atoms. The van der Waals surface area contributed by atoms with Crippen molar-refractivity contribution in [3.05, 3.63) is 36.0 Å². The van der Waals surface area contributed by atoms with E-state index in [4.69, 9.17) is 0 Å². The molecule has 0 unspecified atom stereocenters. The molecule has 1 fully saturated rings. The first-order valence-corrected chi connectivity index (χ1v) is 7.56. The van der Waals surface area contributed by atoms with Crippen molar-refractivity contribution in [1.82, 2.24) is 9.88 Å². The Hall–Kier alpha value is -2.30. The van der Waals surface area contributed by atoms with Gasteiger partial charge in [0.05, 0.1) is 5.41 Å². The highest BCUT2D eigenvalue weighted by Crippen LogP contribution is 2.30. The maximum absolute atomic E-state index is 12.3. The van der Waals surface area contributed by atoms with E-state index in [-0.39, 0.29) is 5.91 Å². The standard InChI is InChI=1S/C17H20N2O3/c1-17(16(21)22)8-9-19(11-17)15(20)7-6-12-10-18-14-5-3-2-4-13(12)14/h2-5,10,18H,6-9,11H2,1H3,(H,21,22)/t17-/m0/s1. The van der Waals surface area contributed by atoms with Gasteiger partial charge in [0.2, 0.25) is 5.91 Å². The summed E-state index contributed by atoms with van der Waals surface area (Å²) in [6.07, 6.45) is 3.56. The fourth-order valence-corrected chi connectivity index (χ4v) is 3.09. The summed E-state index contributed by atoms with van der Waals surface area (Å²) in [5, 5.41) is 10.4. The second-order valence-corrected chi connectivity index (χ2v) is 6.29. The minimum Gasteiger partial charge on any atom is -0.481 e. The number of H-pyrrole nitrogens is 1. The van der Waals surface area contributed by atoms with Gasteiger partial charge in [-0.2, -0.15) is 0 Å². The molecule has 1 saturated heterocycles. The highest BCUT2D eigenvalue weighted by atomic mass is 16.4. The number of aromatic nitrogens is 1. The number of benzene rings is 1. The fraction of sp³-hybridized carbons (Fsp3) is 0.412. The first-order valence-electron chi connectivity index (χ1n) is 7.56. The zero-order valence-electron chi connectivity index (χ0n) is 12.6. The molecule has 2 heterocycles. The Balaban J connectivity index is 1.63. The predicted molar refractivity (Wildman–Crippen MR) is 83.6 cm³/mol. The van der Waals surface area contributed by atoms with E-state index in [9.17, 15) is 14.7 Å². The Labute approximate surface area is 128 Å². The minimum atomic E-state index is -0.820. The molecule has 1 atom stereocenters. The van der Waals surface area contributed by atoms with E-state index in [1.54, 1.807) is 11.8 Å². The Bertz CT molecular complexity index is 722. The molecule has 1 amide bonds. The van der Waals surface area contributed by atoms with Crippen LogP contribution in [0.4, 0.5) is 0 Å². The van der Waals surface area contributed by atoms with Gasteiger partial charge in [-0.05, 0) is 31.4 Å². The number of carboxylic acid groups (broad SMARTS) is 1. The van der Waals surface area contributed by atoms with E-state index >= 15 is 0 Å². The van der Waals surface area contributed by atoms with Crippen molar-refractivity contribution >= 4 is 22.8 Å². The summed E-state index contributed by atoms with van der Waals surface area (Å²) in [6, 6.07) is 8.02. The summed E-state index contributed by atoms with van der Waals surface area (Å²) in [5.41, 5.74) is 1.41. The summed E-state index contributed by atoms with van der Waals surface area (Å²) in [6.45, 7) is 2.56. The molecule has 0 bridgehead atoms. The number of carboxylic acids is 1. The molecule has 0 aliphatic carbocycles. The summed E-state index contributed by atoms with van der Waals surface area (Å²) in [4.78, 5) is 28.4. The average Bonchev–Trinajstić information content (AvgIpc) is 3.10. The van der Waals surface area contributed by atoms with Gasteiger partial charge < -0.3 is 15.0 Å². The zero-order valence-corrected chi connectivity index (χ0v) is 12.6. The Morgan fingerprint density at radius 3 is 2.86 bits per heavy atom. The first-order chi connectivity index (χ1) is 10.5. The van der Waals surface area contributed by atoms with Gasteiger partial charge in [-0.1, -0.05) is 18.2 Å². The number of para-hydroxylation sites is 1. The molecular weight excluding hydrogens is 280 g/mol. The van der Waals surface area contributed by atoms with Crippen LogP contribution in [0.15, 0.2) is 30.5 Å². The number of carbonyl (C=O) groups excluding carboxylic acids is 1. The van der Waals surface area contributed by atoms with E-state index in [1.807, 2.05) is 30.5 Å². The van der Waals surface area contributed by atoms with Crippen molar-refractivity contribution in [3.63, 3.8) is 0 Å². The van der Waals surface area contributed by atoms with Crippen LogP contribution in [0.2, 0.25) is 0 Å². The third kappa shape index (κ3) is 2.58. The smallest absolute Gasteiger partial charge is 0.311 e. The lowest BCUT2D eigenvalue weighted by Crippen LogP contribution is -2.34. The molecule has 1 aromatic carbocycles. The number of aromatic amines is 1. The molecule has 0 radical (unpaired) electrons. The second-order valence-electron chi connectivity index (χ2n) is 6.29. The molecule has 2 aromatic rings. The van der Waals surface area contributed by atoms with Gasteiger partial charge in [-0.3, -0.25) is 9.59 Å². The number of amides is 1. The van der Waals surface area contributed by atoms with Crippen LogP contribution in [0, 0.1) is 5.41 Å². The second kappa shape index (κ2) is 5.48. The lowest BCUT2D eigenvalue weighted by molar-refractivity contribution is -0.147. The number of hydrogen-bond acceptors (Lipinski definition) is 2. The van der Waals surface area contributed by atoms with Crippen molar-refractivity contribution in [3.8, 4) is 0 Å². The van der Waals surface area contributed by atoms with Crippen LogP contribution in [-0.4, -0.2) is 40.0 Å². The minimum absolute atomic E-state index is 0.0373. The maximum Gasteiger partial charge on any atom is 0.311 e. The number of likely N-dealkylation sites (tertiary alicyclic amines) is 1. The number of aliphatic carboxylic acids is 1. The normalized spacial score (nSPS) is 21.4. The monoisotopic (exact) mass is 300 g/mol. The molecular formula is C17H20N2O3. The molecule has 5 nitrogen and oxygen atoms in total. The summed E-state index contributed by atoms with van der Waals surface area (Å²) < 4.78 is 0. The van der Waals surface area contributed by atoms with Crippen LogP contribution >= 0.6 is 0 Å². The van der Waals surface area contributed by atoms with Crippen LogP contribution in [0.25, 0.3) is 10.9 Å². The SMILES string of the molecule is C[C@]1(C(=O)O)CCN(C(=O)CCc2c[nH]c3ccccc23)C1. The number of nitrogens with one attached hydrogen (secondary N) is 1. The number of aryl methyl sites for hydroxylation is 1. The Kier molecular flexibility index (Phi) is 3.64. The summed E-state index contributed by atoms with van der Waals surface area (Å²) in [7, 11) is 0. The topological polar surface area (TPSA) is 73.4 Å². The third-order valence-corrected chi connectivity index (χ3v) is 4.63. The van der Waals surface area contributed by atoms with Crippen molar-refractivity contribution in [1.29, 1.82) is 0 Å². The average molecular weight is 300 g/mol. The summed E-state index contributed by atoms with van der Waals surface area (Å²) in [5.74, 6) is -0.783. The molecule has 1 aliphatic heterocycles. The molecule has 1 aliphatic rings. The quantitative estimate of drug-likeness (QED) is 0.910. The number of nitrogens with zero attached hydrogens (tertiary/aromatic N) is 1. The Morgan fingerprint density at radius 2 is 2.14 bits per heavy atom. The molecule has 116 valence electrons. The highest BCUT2D eigenvalue weighted by Gasteiger charge is 2.41. The van der Waals surface area contributed by atoms with Crippen LogP contribution in [0.1, 0.15) is 25.3 Å². The predicted octanol–water partition coefficient (Wildman–Crippen LogP) is 2.42. The molecule has 2 N–H and O–H groups in total. The van der Waals surface area contributed by atoms with Gasteiger partial charge in [0, 0.05) is 36.6 Å². The van der Waals surface area contributed by atoms with Gasteiger partial charge in [-0.15, -0.1) is 0 Å². The van der Waals surface area contributed by atoms with Crippen LogP contribution in [-0.2, 0) is 16.0 Å². The lowest BCUT2D eigenvalue weighted by atomic mass is 9.90. The molecule has 1 aromatic heterocycles. The molecule has 3 rings (SSSR count). The number of hydrogen-bond donors (Lipinski definition) is 2. The number of fused-ring (bicyclic) bond motifs is 1. The van der Waals surface area contributed by atoms with Crippen molar-refractivity contribution < 1.29 is 14.7 Å². The number of rotatable bonds is 4. The molecule has 0 saturated carbocycles. The van der Waals surface area contributed by atoms with Crippen molar-refractivity contribution in [2.75, 3.05) is 13.1 Å². The van der Waals surface area contributed by atoms with Crippen LogP contribution < -0.4 is 0 Å². The van der Waals surface area contributed by atoms with Crippen molar-refractivity contribution in [2.24, 2.45) is 5.41 Å².